The van der Waals surface area contributed by atoms with Gasteiger partial charge in [-0.05, 0) is 30.3 Å². The number of hydrogen-bond donors (Lipinski definition) is 1. The lowest BCUT2D eigenvalue weighted by Gasteiger charge is -2.18. The second-order valence-electron chi connectivity index (χ2n) is 5.07. The smallest absolute Gasteiger partial charge is 0.0428 e. The van der Waals surface area contributed by atoms with Crippen molar-refractivity contribution >= 4 is 40.8 Å². The normalized spacial score (nSPS) is 9.62. The number of halogens is 1. The van der Waals surface area contributed by atoms with Gasteiger partial charge in [0.2, 0.25) is 0 Å². The van der Waals surface area contributed by atoms with E-state index in [0.717, 1.165) is 6.42 Å². The van der Waals surface area contributed by atoms with Gasteiger partial charge < -0.3 is 5.11 Å². The maximum Gasteiger partial charge on any atom is 0.0428 e. The molecule has 0 unspecified atom stereocenters. The summed E-state index contributed by atoms with van der Waals surface area (Å²) < 4.78 is 0. The fourth-order valence-corrected chi connectivity index (χ4v) is 4.48. The Morgan fingerprint density at radius 3 is 1.08 bits per heavy atom. The minimum atomic E-state index is -0.446. The van der Waals surface area contributed by atoms with Crippen LogP contribution in [0.3, 0.4) is 0 Å². The molecular weight excluding hydrogens is 379 g/mol. The van der Waals surface area contributed by atoms with Crippen molar-refractivity contribution in [3.05, 3.63) is 91.0 Å². The minimum Gasteiger partial charge on any atom is -0.396 e. The number of aliphatic hydroxyl groups excluding tert-OH is 1. The summed E-state index contributed by atoms with van der Waals surface area (Å²) in [6.45, 7) is 2.25. The van der Waals surface area contributed by atoms with Gasteiger partial charge >= 0.3 is 0 Å². The average molecular weight is 403 g/mol. The molecule has 0 spiro atoms. The Morgan fingerprint density at radius 2 is 0.875 bits per heavy atom. The Morgan fingerprint density at radius 1 is 0.625 bits per heavy atom. The third-order valence-electron chi connectivity index (χ3n) is 3.27. The van der Waals surface area contributed by atoms with Crippen LogP contribution in [0.5, 0.6) is 0 Å². The lowest BCUT2D eigenvalue weighted by atomic mass is 10.4. The highest BCUT2D eigenvalue weighted by molar-refractivity contribution is 8.93. The predicted molar refractivity (Wildman–Crippen MR) is 113 cm³/mol. The van der Waals surface area contributed by atoms with Crippen molar-refractivity contribution in [3.8, 4) is 0 Å². The third-order valence-corrected chi connectivity index (χ3v) is 5.71. The second kappa shape index (κ2) is 12.0. The summed E-state index contributed by atoms with van der Waals surface area (Å²) in [6.07, 6.45) is 0.875. The molecule has 0 amide bonds. The number of hydrogen-bond acceptors (Lipinski definition) is 1. The van der Waals surface area contributed by atoms with Crippen molar-refractivity contribution in [1.29, 1.82) is 0 Å². The van der Waals surface area contributed by atoms with E-state index in [9.17, 15) is 0 Å². The maximum atomic E-state index is 7.88. The first-order valence-corrected chi connectivity index (χ1v) is 9.27. The Hall–Kier alpha value is -1.47. The van der Waals surface area contributed by atoms with Gasteiger partial charge in [0.1, 0.15) is 0 Å². The highest BCUT2D eigenvalue weighted by Crippen LogP contribution is 2.32. The molecule has 0 fully saturated rings. The number of benzene rings is 3. The summed E-state index contributed by atoms with van der Waals surface area (Å²) >= 11 is 0. The summed E-state index contributed by atoms with van der Waals surface area (Å²) in [5, 5.41) is 12.1. The summed E-state index contributed by atoms with van der Waals surface area (Å²) in [6, 6.07) is 32.3. The van der Waals surface area contributed by atoms with E-state index in [1.165, 1.54) is 15.9 Å². The molecule has 0 aliphatic rings. The van der Waals surface area contributed by atoms with E-state index in [0.29, 0.717) is 6.61 Å². The maximum absolute atomic E-state index is 7.88. The van der Waals surface area contributed by atoms with Crippen molar-refractivity contribution in [2.75, 3.05) is 6.61 Å². The van der Waals surface area contributed by atoms with E-state index in [-0.39, 0.29) is 17.0 Å². The Kier molecular flexibility index (Phi) is 10.3. The highest BCUT2D eigenvalue weighted by atomic mass is 79.9. The largest absolute Gasteiger partial charge is 0.396 e. The Balaban J connectivity index is 0.000000522. The first kappa shape index (κ1) is 20.6. The third kappa shape index (κ3) is 6.20. The first-order chi connectivity index (χ1) is 11.4. The lowest BCUT2D eigenvalue weighted by Crippen LogP contribution is -2.20. The summed E-state index contributed by atoms with van der Waals surface area (Å²) in [4.78, 5) is 0. The molecule has 126 valence electrons. The topological polar surface area (TPSA) is 20.2 Å². The number of rotatable bonds is 4. The van der Waals surface area contributed by atoms with Gasteiger partial charge in [-0.1, -0.05) is 97.9 Å². The van der Waals surface area contributed by atoms with Crippen LogP contribution >= 0.6 is 24.9 Å². The standard InChI is InChI=1S/C18H15P.C3H8O.BrH/c1-4-10-16(11-5-1)19(17-12-6-2-7-13-17)18-14-8-3-9-15-18;1-2-3-4;/h1-15H;4H,2-3H2,1H3;1H. The van der Waals surface area contributed by atoms with Gasteiger partial charge in [0, 0.05) is 6.61 Å². The molecular formula is C21H24BrOP. The molecule has 0 saturated carbocycles. The van der Waals surface area contributed by atoms with Crippen molar-refractivity contribution in [1.82, 2.24) is 0 Å². The number of aliphatic hydroxyl groups is 1. The molecule has 0 aliphatic heterocycles. The van der Waals surface area contributed by atoms with Crippen molar-refractivity contribution in [2.45, 2.75) is 13.3 Å². The van der Waals surface area contributed by atoms with Crippen molar-refractivity contribution < 1.29 is 5.11 Å². The molecule has 0 aliphatic carbocycles. The monoisotopic (exact) mass is 402 g/mol. The minimum absolute atomic E-state index is 0. The van der Waals surface area contributed by atoms with Crippen LogP contribution in [0.4, 0.5) is 0 Å². The van der Waals surface area contributed by atoms with Gasteiger partial charge in [-0.15, -0.1) is 17.0 Å². The summed E-state index contributed by atoms with van der Waals surface area (Å²) in [5.41, 5.74) is 0. The van der Waals surface area contributed by atoms with Crippen LogP contribution in [0.2, 0.25) is 0 Å². The van der Waals surface area contributed by atoms with Gasteiger partial charge in [0.25, 0.3) is 0 Å². The van der Waals surface area contributed by atoms with Crippen molar-refractivity contribution in [2.24, 2.45) is 0 Å². The molecule has 0 saturated heterocycles. The van der Waals surface area contributed by atoms with Gasteiger partial charge in [-0.2, -0.15) is 0 Å². The summed E-state index contributed by atoms with van der Waals surface area (Å²) in [5.74, 6) is 0. The van der Waals surface area contributed by atoms with Crippen LogP contribution in [-0.2, 0) is 0 Å². The molecule has 3 aromatic carbocycles. The quantitative estimate of drug-likeness (QED) is 0.640. The second-order valence-corrected chi connectivity index (χ2v) is 7.29. The van der Waals surface area contributed by atoms with Crippen LogP contribution in [0, 0.1) is 0 Å². The molecule has 3 heteroatoms. The van der Waals surface area contributed by atoms with Crippen LogP contribution < -0.4 is 15.9 Å². The molecule has 0 heterocycles. The molecule has 0 atom stereocenters. The van der Waals surface area contributed by atoms with E-state index in [1.54, 1.807) is 0 Å². The van der Waals surface area contributed by atoms with Crippen LogP contribution in [0.25, 0.3) is 0 Å². The fourth-order valence-electron chi connectivity index (χ4n) is 2.18. The predicted octanol–water partition coefficient (Wildman–Crippen LogP) is 4.41. The van der Waals surface area contributed by atoms with Crippen LogP contribution in [0.1, 0.15) is 13.3 Å². The van der Waals surface area contributed by atoms with Crippen LogP contribution in [0.15, 0.2) is 91.0 Å². The van der Waals surface area contributed by atoms with Crippen molar-refractivity contribution in [3.63, 3.8) is 0 Å². The molecule has 3 aromatic rings. The van der Waals surface area contributed by atoms with Gasteiger partial charge in [0.05, 0.1) is 0 Å². The fraction of sp³-hybridized carbons (Fsp3) is 0.143. The van der Waals surface area contributed by atoms with E-state index in [1.807, 2.05) is 6.92 Å². The zero-order valence-electron chi connectivity index (χ0n) is 13.9. The van der Waals surface area contributed by atoms with E-state index in [2.05, 4.69) is 91.0 Å². The SMILES string of the molecule is Br.CCCO.c1ccc(P(c2ccccc2)c2ccccc2)cc1. The van der Waals surface area contributed by atoms with E-state index >= 15 is 0 Å². The van der Waals surface area contributed by atoms with Crippen LogP contribution in [-0.4, -0.2) is 11.7 Å². The molecule has 1 nitrogen and oxygen atoms in total. The molecule has 1 N–H and O–H groups in total. The molecule has 0 bridgehead atoms. The van der Waals surface area contributed by atoms with Gasteiger partial charge in [0.15, 0.2) is 0 Å². The Bertz CT molecular complexity index is 563. The van der Waals surface area contributed by atoms with E-state index in [4.69, 9.17) is 5.11 Å². The van der Waals surface area contributed by atoms with Gasteiger partial charge in [-0.3, -0.25) is 0 Å². The zero-order valence-corrected chi connectivity index (χ0v) is 16.5. The Labute approximate surface area is 156 Å². The average Bonchev–Trinajstić information content (AvgIpc) is 2.65. The molecule has 0 aromatic heterocycles. The summed E-state index contributed by atoms with van der Waals surface area (Å²) in [7, 11) is -0.446. The lowest BCUT2D eigenvalue weighted by molar-refractivity contribution is 0.295. The van der Waals surface area contributed by atoms with Gasteiger partial charge in [-0.25, -0.2) is 0 Å². The highest BCUT2D eigenvalue weighted by Gasteiger charge is 2.14. The molecule has 3 rings (SSSR count). The zero-order chi connectivity index (χ0) is 16.3. The van der Waals surface area contributed by atoms with E-state index < -0.39 is 7.92 Å². The molecule has 0 radical (unpaired) electrons. The first-order valence-electron chi connectivity index (χ1n) is 7.93. The molecule has 24 heavy (non-hydrogen) atoms.